The van der Waals surface area contributed by atoms with E-state index in [1.165, 1.54) is 12.1 Å². The average molecular weight is 323 g/mol. The number of hydrogen-bond acceptors (Lipinski definition) is 4. The van der Waals surface area contributed by atoms with Crippen molar-refractivity contribution in [3.8, 4) is 0 Å². The molecule has 0 aliphatic rings. The molecule has 20 heavy (non-hydrogen) atoms. The standard InChI is InChI=1S/C13H19ClN2O3.ClH/c1-8(2)3-6-12(17)13(15)9-4-5-10(14)11(7-9)16(18)19;/h4-5,7-8,12-13,17H,3,6,15H2,1-2H3;1H/t12-,13+;/m1./s1. The Kier molecular flexibility index (Phi) is 8.05. The summed E-state index contributed by atoms with van der Waals surface area (Å²) < 4.78 is 0. The van der Waals surface area contributed by atoms with Gasteiger partial charge in [0, 0.05) is 6.07 Å². The van der Waals surface area contributed by atoms with Gasteiger partial charge in [0.15, 0.2) is 0 Å². The molecular formula is C13H20Cl2N2O3. The van der Waals surface area contributed by atoms with Crippen LogP contribution in [0.1, 0.15) is 38.3 Å². The van der Waals surface area contributed by atoms with Crippen molar-refractivity contribution < 1.29 is 10.0 Å². The molecule has 1 aromatic carbocycles. The van der Waals surface area contributed by atoms with Crippen molar-refractivity contribution in [1.29, 1.82) is 0 Å². The highest BCUT2D eigenvalue weighted by molar-refractivity contribution is 6.32. The lowest BCUT2D eigenvalue weighted by molar-refractivity contribution is -0.384. The highest BCUT2D eigenvalue weighted by atomic mass is 35.5. The molecular weight excluding hydrogens is 303 g/mol. The van der Waals surface area contributed by atoms with Gasteiger partial charge in [0.1, 0.15) is 5.02 Å². The number of benzene rings is 1. The molecule has 0 bridgehead atoms. The van der Waals surface area contributed by atoms with Gasteiger partial charge in [0.25, 0.3) is 5.69 Å². The number of halogens is 2. The van der Waals surface area contributed by atoms with Crippen molar-refractivity contribution in [3.63, 3.8) is 0 Å². The number of rotatable bonds is 6. The lowest BCUT2D eigenvalue weighted by Crippen LogP contribution is -2.26. The van der Waals surface area contributed by atoms with Gasteiger partial charge in [-0.2, -0.15) is 0 Å². The topological polar surface area (TPSA) is 89.4 Å². The molecule has 2 atom stereocenters. The maximum absolute atomic E-state index is 10.8. The smallest absolute Gasteiger partial charge is 0.288 e. The van der Waals surface area contributed by atoms with Crippen LogP contribution < -0.4 is 5.73 Å². The first-order valence-electron chi connectivity index (χ1n) is 6.20. The van der Waals surface area contributed by atoms with Crippen molar-refractivity contribution in [2.24, 2.45) is 11.7 Å². The minimum Gasteiger partial charge on any atom is -0.391 e. The van der Waals surface area contributed by atoms with Gasteiger partial charge < -0.3 is 10.8 Å². The van der Waals surface area contributed by atoms with Gasteiger partial charge in [-0.15, -0.1) is 12.4 Å². The molecule has 0 fully saturated rings. The Balaban J connectivity index is 0.00000361. The summed E-state index contributed by atoms with van der Waals surface area (Å²) in [6, 6.07) is 3.73. The fraction of sp³-hybridized carbons (Fsp3) is 0.538. The summed E-state index contributed by atoms with van der Waals surface area (Å²) in [7, 11) is 0. The van der Waals surface area contributed by atoms with E-state index in [4.69, 9.17) is 17.3 Å². The molecule has 0 amide bonds. The van der Waals surface area contributed by atoms with E-state index in [2.05, 4.69) is 13.8 Å². The molecule has 1 aromatic rings. The first-order chi connectivity index (χ1) is 8.82. The Morgan fingerprint density at radius 1 is 1.40 bits per heavy atom. The van der Waals surface area contributed by atoms with Crippen LogP contribution in [0.4, 0.5) is 5.69 Å². The molecule has 0 heterocycles. The molecule has 0 aliphatic carbocycles. The molecule has 5 nitrogen and oxygen atoms in total. The van der Waals surface area contributed by atoms with E-state index in [0.29, 0.717) is 17.9 Å². The molecule has 0 radical (unpaired) electrons. The van der Waals surface area contributed by atoms with Gasteiger partial charge in [-0.1, -0.05) is 31.5 Å². The predicted molar refractivity (Wildman–Crippen MR) is 82.4 cm³/mol. The van der Waals surface area contributed by atoms with Crippen molar-refractivity contribution in [2.75, 3.05) is 0 Å². The Hall–Kier alpha value is -0.880. The van der Waals surface area contributed by atoms with Crippen LogP contribution in [-0.4, -0.2) is 16.1 Å². The van der Waals surface area contributed by atoms with Crippen LogP contribution in [0.2, 0.25) is 5.02 Å². The summed E-state index contributed by atoms with van der Waals surface area (Å²) in [6.07, 6.45) is 0.697. The number of hydrogen-bond donors (Lipinski definition) is 2. The Bertz CT molecular complexity index is 455. The van der Waals surface area contributed by atoms with Crippen molar-refractivity contribution >= 4 is 29.7 Å². The van der Waals surface area contributed by atoms with Crippen LogP contribution >= 0.6 is 24.0 Å². The van der Waals surface area contributed by atoms with E-state index in [0.717, 1.165) is 6.42 Å². The normalized spacial score (nSPS) is 13.7. The van der Waals surface area contributed by atoms with Gasteiger partial charge in [-0.3, -0.25) is 10.1 Å². The SMILES string of the molecule is CC(C)CC[C@@H](O)[C@@H](N)c1ccc(Cl)c([N+](=O)[O-])c1.Cl. The second-order valence-corrected chi connectivity index (χ2v) is 5.44. The summed E-state index contributed by atoms with van der Waals surface area (Å²) in [5, 5.41) is 20.9. The molecule has 0 saturated carbocycles. The largest absolute Gasteiger partial charge is 0.391 e. The monoisotopic (exact) mass is 322 g/mol. The van der Waals surface area contributed by atoms with E-state index >= 15 is 0 Å². The summed E-state index contributed by atoms with van der Waals surface area (Å²) in [5.74, 6) is 0.474. The second kappa shape index (κ2) is 8.42. The predicted octanol–water partition coefficient (Wildman–Crippen LogP) is 3.47. The molecule has 0 spiro atoms. The average Bonchev–Trinajstić information content (AvgIpc) is 2.35. The Morgan fingerprint density at radius 2 is 2.00 bits per heavy atom. The third-order valence-corrected chi connectivity index (χ3v) is 3.33. The molecule has 0 unspecified atom stereocenters. The van der Waals surface area contributed by atoms with Gasteiger partial charge in [-0.05, 0) is 30.4 Å². The quantitative estimate of drug-likeness (QED) is 0.619. The first kappa shape index (κ1) is 19.1. The number of nitro benzene ring substituents is 1. The van der Waals surface area contributed by atoms with Gasteiger partial charge >= 0.3 is 0 Å². The fourth-order valence-corrected chi connectivity index (χ4v) is 1.97. The van der Waals surface area contributed by atoms with E-state index < -0.39 is 17.1 Å². The van der Waals surface area contributed by atoms with Crippen LogP contribution in [0.3, 0.4) is 0 Å². The lowest BCUT2D eigenvalue weighted by atomic mass is 9.96. The number of aliphatic hydroxyl groups is 1. The van der Waals surface area contributed by atoms with E-state index in [9.17, 15) is 15.2 Å². The van der Waals surface area contributed by atoms with Crippen LogP contribution in [0.5, 0.6) is 0 Å². The van der Waals surface area contributed by atoms with Crippen molar-refractivity contribution in [1.82, 2.24) is 0 Å². The van der Waals surface area contributed by atoms with Gasteiger partial charge in [0.2, 0.25) is 0 Å². The molecule has 3 N–H and O–H groups in total. The summed E-state index contributed by atoms with van der Waals surface area (Å²) in [4.78, 5) is 10.2. The lowest BCUT2D eigenvalue weighted by Gasteiger charge is -2.20. The van der Waals surface area contributed by atoms with Crippen molar-refractivity contribution in [2.45, 2.75) is 38.8 Å². The van der Waals surface area contributed by atoms with Crippen LogP contribution in [0.15, 0.2) is 18.2 Å². The Morgan fingerprint density at radius 3 is 2.50 bits per heavy atom. The third kappa shape index (κ3) is 5.25. The van der Waals surface area contributed by atoms with E-state index in [1.807, 2.05) is 0 Å². The molecule has 0 saturated heterocycles. The number of nitrogens with two attached hydrogens (primary N) is 1. The minimum absolute atomic E-state index is 0. The Labute approximate surface area is 129 Å². The summed E-state index contributed by atoms with van der Waals surface area (Å²) >= 11 is 5.73. The van der Waals surface area contributed by atoms with Crippen molar-refractivity contribution in [3.05, 3.63) is 38.9 Å². The molecule has 7 heteroatoms. The summed E-state index contributed by atoms with van der Waals surface area (Å²) in [6.45, 7) is 4.12. The highest BCUT2D eigenvalue weighted by Gasteiger charge is 2.21. The number of aliphatic hydroxyl groups excluding tert-OH is 1. The molecule has 0 aromatic heterocycles. The van der Waals surface area contributed by atoms with Gasteiger partial charge in [-0.25, -0.2) is 0 Å². The highest BCUT2D eigenvalue weighted by Crippen LogP contribution is 2.29. The minimum atomic E-state index is -0.719. The number of nitrogens with zero attached hydrogens (tertiary/aromatic N) is 1. The zero-order valence-corrected chi connectivity index (χ0v) is 13.0. The molecule has 0 aliphatic heterocycles. The zero-order chi connectivity index (χ0) is 14.6. The van der Waals surface area contributed by atoms with Crippen LogP contribution in [0.25, 0.3) is 0 Å². The number of nitro groups is 1. The zero-order valence-electron chi connectivity index (χ0n) is 11.5. The van der Waals surface area contributed by atoms with E-state index in [-0.39, 0.29) is 23.1 Å². The third-order valence-electron chi connectivity index (χ3n) is 3.01. The van der Waals surface area contributed by atoms with Crippen LogP contribution in [0, 0.1) is 16.0 Å². The maximum Gasteiger partial charge on any atom is 0.288 e. The first-order valence-corrected chi connectivity index (χ1v) is 6.58. The van der Waals surface area contributed by atoms with Crippen LogP contribution in [-0.2, 0) is 0 Å². The van der Waals surface area contributed by atoms with E-state index in [1.54, 1.807) is 6.07 Å². The molecule has 1 rings (SSSR count). The van der Waals surface area contributed by atoms with Gasteiger partial charge in [0.05, 0.1) is 17.1 Å². The molecule has 114 valence electrons. The second-order valence-electron chi connectivity index (χ2n) is 5.03. The fourth-order valence-electron chi connectivity index (χ4n) is 1.78. The maximum atomic E-state index is 10.8. The summed E-state index contributed by atoms with van der Waals surface area (Å²) in [5.41, 5.74) is 6.26.